The van der Waals surface area contributed by atoms with Gasteiger partial charge >= 0.3 is 12.1 Å². The van der Waals surface area contributed by atoms with Gasteiger partial charge in [-0.25, -0.2) is 4.79 Å². The molecule has 2 aliphatic rings. The van der Waals surface area contributed by atoms with Gasteiger partial charge in [-0.15, -0.1) is 0 Å². The van der Waals surface area contributed by atoms with Gasteiger partial charge in [-0.3, -0.25) is 14.4 Å². The van der Waals surface area contributed by atoms with E-state index in [4.69, 9.17) is 9.47 Å². The number of nitrogens with zero attached hydrogens (tertiary/aromatic N) is 2. The van der Waals surface area contributed by atoms with Gasteiger partial charge in [-0.2, -0.15) is 0 Å². The quantitative estimate of drug-likeness (QED) is 0.234. The van der Waals surface area contributed by atoms with Crippen LogP contribution in [0.15, 0.2) is 24.3 Å². The number of hydrogen-bond acceptors (Lipinski definition) is 8. The molecule has 34 heavy (non-hydrogen) atoms. The van der Waals surface area contributed by atoms with Gasteiger partial charge in [-0.05, 0) is 57.9 Å². The standard InChI is InChI=1S/C24H32N2O6S2/c1-24(2,3)32-22(29)7-5-4-6-21(28)25-12-13-26(20-16-34-33-15-19(20)25)23(30)31-18-10-8-17(14-27)9-11-18/h8-11,14,19-20H,4-7,12-13,15-16H2,1-3H3/t19-,20?/m0/s1. The lowest BCUT2D eigenvalue weighted by molar-refractivity contribution is -0.155. The number of carbonyl (C=O) groups excluding carboxylic acids is 4. The van der Waals surface area contributed by atoms with Crippen molar-refractivity contribution in [1.29, 1.82) is 0 Å². The average Bonchev–Trinajstić information content (AvgIpc) is 2.80. The third-order valence-corrected chi connectivity index (χ3v) is 8.04. The van der Waals surface area contributed by atoms with Gasteiger partial charge in [0.15, 0.2) is 0 Å². The molecule has 2 aliphatic heterocycles. The summed E-state index contributed by atoms with van der Waals surface area (Å²) >= 11 is 0. The normalized spacial score (nSPS) is 20.3. The smallest absolute Gasteiger partial charge is 0.415 e. The van der Waals surface area contributed by atoms with Crippen molar-refractivity contribution in [3.8, 4) is 5.75 Å². The number of rotatable bonds is 7. The monoisotopic (exact) mass is 508 g/mol. The second-order valence-electron chi connectivity index (χ2n) is 9.33. The van der Waals surface area contributed by atoms with E-state index in [1.165, 1.54) is 0 Å². The van der Waals surface area contributed by atoms with Gasteiger partial charge in [0, 0.05) is 43.0 Å². The lowest BCUT2D eigenvalue weighted by Gasteiger charge is -2.48. The topological polar surface area (TPSA) is 93.2 Å². The summed E-state index contributed by atoms with van der Waals surface area (Å²) in [5, 5.41) is 0. The van der Waals surface area contributed by atoms with E-state index in [9.17, 15) is 19.2 Å². The number of benzene rings is 1. The number of fused-ring (bicyclic) bond motifs is 1. The van der Waals surface area contributed by atoms with Crippen LogP contribution in [0, 0.1) is 0 Å². The van der Waals surface area contributed by atoms with E-state index < -0.39 is 11.7 Å². The van der Waals surface area contributed by atoms with Gasteiger partial charge in [0.25, 0.3) is 0 Å². The first-order valence-electron chi connectivity index (χ1n) is 11.5. The van der Waals surface area contributed by atoms with E-state index in [1.807, 2.05) is 25.7 Å². The minimum Gasteiger partial charge on any atom is -0.460 e. The highest BCUT2D eigenvalue weighted by molar-refractivity contribution is 8.76. The number of esters is 1. The minimum absolute atomic E-state index is 0.0594. The van der Waals surface area contributed by atoms with Crippen LogP contribution in [0.3, 0.4) is 0 Å². The van der Waals surface area contributed by atoms with Crippen molar-refractivity contribution in [2.45, 2.75) is 64.1 Å². The van der Waals surface area contributed by atoms with E-state index in [-0.39, 0.29) is 24.0 Å². The Labute approximate surface area is 208 Å². The maximum atomic E-state index is 13.0. The van der Waals surface area contributed by atoms with Crippen molar-refractivity contribution in [2.75, 3.05) is 24.6 Å². The number of unbranched alkanes of at least 4 members (excludes halogenated alkanes) is 1. The molecule has 0 radical (unpaired) electrons. The summed E-state index contributed by atoms with van der Waals surface area (Å²) in [6.07, 6.45) is 2.20. The Morgan fingerprint density at radius 1 is 0.971 bits per heavy atom. The molecule has 3 rings (SSSR count). The molecule has 1 unspecified atom stereocenters. The molecule has 2 fully saturated rings. The summed E-state index contributed by atoms with van der Waals surface area (Å²) in [5.74, 6) is 1.67. The van der Waals surface area contributed by atoms with Crippen molar-refractivity contribution in [3.05, 3.63) is 29.8 Å². The SMILES string of the molecule is CC(C)(C)OC(=O)CCCCC(=O)N1CCN(C(=O)Oc2ccc(C=O)cc2)C2CSSC[C@@H]21. The van der Waals surface area contributed by atoms with Gasteiger partial charge in [0.1, 0.15) is 17.6 Å². The van der Waals surface area contributed by atoms with Crippen molar-refractivity contribution in [3.63, 3.8) is 0 Å². The van der Waals surface area contributed by atoms with E-state index >= 15 is 0 Å². The van der Waals surface area contributed by atoms with Crippen LogP contribution in [-0.4, -0.2) is 76.3 Å². The maximum Gasteiger partial charge on any atom is 0.415 e. The highest BCUT2D eigenvalue weighted by Gasteiger charge is 2.43. The lowest BCUT2D eigenvalue weighted by Crippen LogP contribution is -2.65. The van der Waals surface area contributed by atoms with Crippen LogP contribution in [0.2, 0.25) is 0 Å². The number of piperazine rings is 1. The Kier molecular flexibility index (Phi) is 9.30. The van der Waals surface area contributed by atoms with Crippen molar-refractivity contribution >= 4 is 45.8 Å². The molecule has 186 valence electrons. The van der Waals surface area contributed by atoms with Crippen molar-refractivity contribution in [2.24, 2.45) is 0 Å². The fourth-order valence-electron chi connectivity index (χ4n) is 3.99. The van der Waals surface area contributed by atoms with Crippen LogP contribution in [-0.2, 0) is 14.3 Å². The predicted molar refractivity (Wildman–Crippen MR) is 133 cm³/mol. The predicted octanol–water partition coefficient (Wildman–Crippen LogP) is 4.18. The Morgan fingerprint density at radius 2 is 1.56 bits per heavy atom. The molecule has 0 spiro atoms. The summed E-state index contributed by atoms with van der Waals surface area (Å²) in [5.41, 5.74) is 0.0111. The molecule has 0 bridgehead atoms. The zero-order valence-corrected chi connectivity index (χ0v) is 21.5. The zero-order chi connectivity index (χ0) is 24.7. The molecule has 10 heteroatoms. The average molecular weight is 509 g/mol. The molecule has 2 saturated heterocycles. The number of hydrogen-bond donors (Lipinski definition) is 0. The third-order valence-electron chi connectivity index (χ3n) is 5.61. The molecule has 8 nitrogen and oxygen atoms in total. The van der Waals surface area contributed by atoms with E-state index in [1.54, 1.807) is 50.8 Å². The second kappa shape index (κ2) is 12.0. The molecular formula is C24H32N2O6S2. The van der Waals surface area contributed by atoms with Crippen molar-refractivity contribution < 1.29 is 28.7 Å². The van der Waals surface area contributed by atoms with Crippen LogP contribution in [0.25, 0.3) is 0 Å². The first kappa shape index (κ1) is 26.4. The fourth-order valence-corrected chi connectivity index (χ4v) is 6.68. The van der Waals surface area contributed by atoms with Crippen LogP contribution in [0.5, 0.6) is 5.75 Å². The summed E-state index contributed by atoms with van der Waals surface area (Å²) in [6.45, 7) is 6.37. The Bertz CT molecular complexity index is 886. The van der Waals surface area contributed by atoms with Crippen LogP contribution >= 0.6 is 21.6 Å². The number of amides is 2. The molecule has 1 aromatic carbocycles. The molecule has 0 saturated carbocycles. The molecule has 0 aliphatic carbocycles. The molecule has 2 amide bonds. The molecule has 2 atom stereocenters. The van der Waals surface area contributed by atoms with Gasteiger partial charge in [0.2, 0.25) is 5.91 Å². The molecule has 0 N–H and O–H groups in total. The Hall–Kier alpha value is -2.20. The summed E-state index contributed by atoms with van der Waals surface area (Å²) in [6, 6.07) is 6.22. The highest BCUT2D eigenvalue weighted by Crippen LogP contribution is 2.36. The number of aldehydes is 1. The molecule has 2 heterocycles. The Morgan fingerprint density at radius 3 is 2.18 bits per heavy atom. The number of carbonyl (C=O) groups is 4. The van der Waals surface area contributed by atoms with Crippen molar-refractivity contribution in [1.82, 2.24) is 9.80 Å². The second-order valence-corrected chi connectivity index (χ2v) is 11.9. The number of ether oxygens (including phenoxy) is 2. The van der Waals surface area contributed by atoms with E-state index in [2.05, 4.69) is 0 Å². The maximum absolute atomic E-state index is 13.0. The zero-order valence-electron chi connectivity index (χ0n) is 19.9. The van der Waals surface area contributed by atoms with E-state index in [0.29, 0.717) is 50.1 Å². The minimum atomic E-state index is -0.502. The summed E-state index contributed by atoms with van der Waals surface area (Å²) < 4.78 is 10.9. The largest absolute Gasteiger partial charge is 0.460 e. The van der Waals surface area contributed by atoms with Crippen LogP contribution in [0.4, 0.5) is 4.79 Å². The van der Waals surface area contributed by atoms with Gasteiger partial charge in [-0.1, -0.05) is 21.6 Å². The highest BCUT2D eigenvalue weighted by atomic mass is 33.1. The van der Waals surface area contributed by atoms with Crippen LogP contribution in [0.1, 0.15) is 56.8 Å². The van der Waals surface area contributed by atoms with Gasteiger partial charge in [0.05, 0.1) is 12.1 Å². The summed E-state index contributed by atoms with van der Waals surface area (Å²) in [4.78, 5) is 52.2. The van der Waals surface area contributed by atoms with Crippen LogP contribution < -0.4 is 4.74 Å². The Balaban J connectivity index is 1.52. The lowest BCUT2D eigenvalue weighted by atomic mass is 10.0. The first-order valence-corrected chi connectivity index (χ1v) is 14.0. The molecule has 0 aromatic heterocycles. The molecule has 1 aromatic rings. The fraction of sp³-hybridized carbons (Fsp3) is 0.583. The van der Waals surface area contributed by atoms with Gasteiger partial charge < -0.3 is 19.3 Å². The molecular weight excluding hydrogens is 476 g/mol. The summed E-state index contributed by atoms with van der Waals surface area (Å²) in [7, 11) is 3.41. The first-order chi connectivity index (χ1) is 16.2. The van der Waals surface area contributed by atoms with E-state index in [0.717, 1.165) is 17.8 Å². The third kappa shape index (κ3) is 7.40.